The van der Waals surface area contributed by atoms with Gasteiger partial charge in [0.1, 0.15) is 18.5 Å². The van der Waals surface area contributed by atoms with Gasteiger partial charge in [-0.1, -0.05) is 0 Å². The van der Waals surface area contributed by atoms with Crippen molar-refractivity contribution in [3.05, 3.63) is 18.2 Å². The summed E-state index contributed by atoms with van der Waals surface area (Å²) in [5.41, 5.74) is 0. The normalized spacial score (nSPS) is 15.2. The van der Waals surface area contributed by atoms with Gasteiger partial charge in [-0.2, -0.15) is 0 Å². The lowest BCUT2D eigenvalue weighted by molar-refractivity contribution is -0.139. The largest absolute Gasteiger partial charge is 0.486 e. The number of hydrogen-bond acceptors (Lipinski definition) is 5. The topological polar surface area (TPSA) is 44.8 Å². The van der Waals surface area contributed by atoms with Gasteiger partial charge in [-0.15, -0.1) is 11.8 Å². The van der Waals surface area contributed by atoms with Crippen molar-refractivity contribution in [3.63, 3.8) is 0 Å². The molecule has 1 heterocycles. The summed E-state index contributed by atoms with van der Waals surface area (Å²) in [5, 5.41) is -0.234. The van der Waals surface area contributed by atoms with Gasteiger partial charge in [-0.25, -0.2) is 0 Å². The minimum atomic E-state index is -0.234. The fourth-order valence-electron chi connectivity index (χ4n) is 1.52. The Morgan fingerprint density at radius 2 is 2.06 bits per heavy atom. The van der Waals surface area contributed by atoms with E-state index in [-0.39, 0.29) is 11.2 Å². The van der Waals surface area contributed by atoms with Crippen LogP contribution in [0.5, 0.6) is 11.5 Å². The van der Waals surface area contributed by atoms with E-state index in [0.717, 1.165) is 16.4 Å². The number of fused-ring (bicyclic) bond motifs is 1. The first-order valence-corrected chi connectivity index (χ1v) is 6.23. The van der Waals surface area contributed by atoms with Crippen molar-refractivity contribution < 1.29 is 19.0 Å². The van der Waals surface area contributed by atoms with E-state index < -0.39 is 0 Å². The van der Waals surface area contributed by atoms with Crippen LogP contribution in [0.4, 0.5) is 0 Å². The molecule has 0 N–H and O–H groups in total. The van der Waals surface area contributed by atoms with Gasteiger partial charge in [-0.3, -0.25) is 4.79 Å². The first-order valence-electron chi connectivity index (χ1n) is 5.35. The summed E-state index contributed by atoms with van der Waals surface area (Å²) in [4.78, 5) is 12.3. The number of carbonyl (C=O) groups is 1. The highest BCUT2D eigenvalue weighted by molar-refractivity contribution is 8.00. The number of carbonyl (C=O) groups excluding carboxylic acids is 1. The van der Waals surface area contributed by atoms with Gasteiger partial charge in [0.2, 0.25) is 0 Å². The van der Waals surface area contributed by atoms with Crippen LogP contribution in [0.1, 0.15) is 6.92 Å². The van der Waals surface area contributed by atoms with Crippen molar-refractivity contribution in [2.24, 2.45) is 0 Å². The van der Waals surface area contributed by atoms with E-state index in [0.29, 0.717) is 13.2 Å². The molecule has 0 radical (unpaired) electrons. The van der Waals surface area contributed by atoms with Gasteiger partial charge in [0.05, 0.1) is 7.11 Å². The molecule has 0 spiro atoms. The van der Waals surface area contributed by atoms with Gasteiger partial charge in [0, 0.05) is 4.90 Å². The van der Waals surface area contributed by atoms with E-state index in [1.165, 1.54) is 18.9 Å². The maximum Gasteiger partial charge on any atom is 0.318 e. The van der Waals surface area contributed by atoms with Crippen LogP contribution in [0.2, 0.25) is 0 Å². The molecule has 1 atom stereocenters. The standard InChI is InChI=1S/C12H14O4S/c1-8(12(13)14-2)17-9-3-4-10-11(7-9)16-6-5-15-10/h3-4,7-8H,5-6H2,1-2H3. The van der Waals surface area contributed by atoms with E-state index in [1.807, 2.05) is 25.1 Å². The summed E-state index contributed by atoms with van der Waals surface area (Å²) in [5.74, 6) is 1.26. The van der Waals surface area contributed by atoms with Crippen molar-refractivity contribution in [2.45, 2.75) is 17.1 Å². The van der Waals surface area contributed by atoms with Crippen molar-refractivity contribution in [1.29, 1.82) is 0 Å². The van der Waals surface area contributed by atoms with Crippen molar-refractivity contribution in [3.8, 4) is 11.5 Å². The van der Waals surface area contributed by atoms with Crippen molar-refractivity contribution >= 4 is 17.7 Å². The summed E-state index contributed by atoms with van der Waals surface area (Å²) in [6.07, 6.45) is 0. The molecule has 1 aliphatic heterocycles. The SMILES string of the molecule is COC(=O)C(C)Sc1ccc2c(c1)OCCO2. The van der Waals surface area contributed by atoms with Crippen LogP contribution in [-0.4, -0.2) is 31.5 Å². The summed E-state index contributed by atoms with van der Waals surface area (Å²) in [6.45, 7) is 2.96. The molecule has 1 aromatic carbocycles. The molecular formula is C12H14O4S. The Kier molecular flexibility index (Phi) is 3.78. The quantitative estimate of drug-likeness (QED) is 0.610. The average Bonchev–Trinajstić information content (AvgIpc) is 2.37. The van der Waals surface area contributed by atoms with Gasteiger partial charge in [-0.05, 0) is 25.1 Å². The molecule has 0 aliphatic carbocycles. The van der Waals surface area contributed by atoms with Crippen molar-refractivity contribution in [1.82, 2.24) is 0 Å². The van der Waals surface area contributed by atoms with E-state index in [9.17, 15) is 4.79 Å². The van der Waals surface area contributed by atoms with Crippen LogP contribution in [0.25, 0.3) is 0 Å². The zero-order chi connectivity index (χ0) is 12.3. The van der Waals surface area contributed by atoms with Crippen LogP contribution < -0.4 is 9.47 Å². The average molecular weight is 254 g/mol. The molecule has 0 saturated carbocycles. The van der Waals surface area contributed by atoms with E-state index in [2.05, 4.69) is 4.74 Å². The van der Waals surface area contributed by atoms with Gasteiger partial charge < -0.3 is 14.2 Å². The van der Waals surface area contributed by atoms with E-state index >= 15 is 0 Å². The molecule has 92 valence electrons. The Bertz CT molecular complexity index is 419. The highest BCUT2D eigenvalue weighted by atomic mass is 32.2. The summed E-state index contributed by atoms with van der Waals surface area (Å²) < 4.78 is 15.6. The third-order valence-electron chi connectivity index (χ3n) is 2.36. The van der Waals surface area contributed by atoms with Gasteiger partial charge >= 0.3 is 5.97 Å². The number of thioether (sulfide) groups is 1. The minimum absolute atomic E-state index is 0.232. The summed E-state index contributed by atoms with van der Waals surface area (Å²) in [7, 11) is 1.39. The first kappa shape index (κ1) is 12.1. The molecule has 17 heavy (non-hydrogen) atoms. The molecule has 1 unspecified atom stereocenters. The third kappa shape index (κ3) is 2.85. The maximum absolute atomic E-state index is 11.3. The molecule has 4 nitrogen and oxygen atoms in total. The predicted octanol–water partition coefficient (Wildman–Crippen LogP) is 2.11. The number of ether oxygens (including phenoxy) is 3. The lowest BCUT2D eigenvalue weighted by atomic mass is 10.3. The number of esters is 1. The number of hydrogen-bond donors (Lipinski definition) is 0. The highest BCUT2D eigenvalue weighted by Crippen LogP contribution is 2.35. The van der Waals surface area contributed by atoms with E-state index in [4.69, 9.17) is 9.47 Å². The van der Waals surface area contributed by atoms with Crippen LogP contribution in [-0.2, 0) is 9.53 Å². The van der Waals surface area contributed by atoms with Gasteiger partial charge in [0.25, 0.3) is 0 Å². The molecule has 1 aliphatic rings. The predicted molar refractivity (Wildman–Crippen MR) is 64.8 cm³/mol. The summed E-state index contributed by atoms with van der Waals surface area (Å²) in [6, 6.07) is 5.66. The molecule has 1 aromatic rings. The Labute approximate surface area is 104 Å². The zero-order valence-corrected chi connectivity index (χ0v) is 10.6. The molecule has 2 rings (SSSR count). The van der Waals surface area contributed by atoms with Gasteiger partial charge in [0.15, 0.2) is 11.5 Å². The molecule has 0 amide bonds. The number of methoxy groups -OCH3 is 1. The monoisotopic (exact) mass is 254 g/mol. The molecule has 0 saturated heterocycles. The fourth-order valence-corrected chi connectivity index (χ4v) is 2.44. The zero-order valence-electron chi connectivity index (χ0n) is 9.76. The Morgan fingerprint density at radius 3 is 2.76 bits per heavy atom. The Morgan fingerprint density at radius 1 is 1.35 bits per heavy atom. The molecular weight excluding hydrogens is 240 g/mol. The Balaban J connectivity index is 2.09. The Hall–Kier alpha value is -1.36. The second kappa shape index (κ2) is 5.31. The van der Waals surface area contributed by atoms with Crippen LogP contribution in [0, 0.1) is 0 Å². The van der Waals surface area contributed by atoms with Crippen LogP contribution in [0.15, 0.2) is 23.1 Å². The second-order valence-corrected chi connectivity index (χ2v) is 5.00. The molecule has 0 bridgehead atoms. The smallest absolute Gasteiger partial charge is 0.318 e. The maximum atomic E-state index is 11.3. The van der Waals surface area contributed by atoms with Crippen LogP contribution >= 0.6 is 11.8 Å². The summed E-state index contributed by atoms with van der Waals surface area (Å²) >= 11 is 1.44. The van der Waals surface area contributed by atoms with Crippen LogP contribution in [0.3, 0.4) is 0 Å². The second-order valence-electron chi connectivity index (χ2n) is 3.59. The van der Waals surface area contributed by atoms with Crippen molar-refractivity contribution in [2.75, 3.05) is 20.3 Å². The lowest BCUT2D eigenvalue weighted by Gasteiger charge is -2.19. The third-order valence-corrected chi connectivity index (χ3v) is 3.43. The number of benzene rings is 1. The molecule has 0 aromatic heterocycles. The minimum Gasteiger partial charge on any atom is -0.486 e. The molecule has 0 fully saturated rings. The molecule has 5 heteroatoms. The first-order chi connectivity index (χ1) is 8.20. The fraction of sp³-hybridized carbons (Fsp3) is 0.417. The highest BCUT2D eigenvalue weighted by Gasteiger charge is 2.17. The van der Waals surface area contributed by atoms with E-state index in [1.54, 1.807) is 0 Å². The number of rotatable bonds is 3. The lowest BCUT2D eigenvalue weighted by Crippen LogP contribution is -2.16.